The molecule has 2 fully saturated rings. The summed E-state index contributed by atoms with van der Waals surface area (Å²) in [6.45, 7) is 3.51. The number of rotatable bonds is 4. The molecule has 0 bridgehead atoms. The molecule has 25 heavy (non-hydrogen) atoms. The van der Waals surface area contributed by atoms with Crippen molar-refractivity contribution in [1.29, 1.82) is 0 Å². The molecule has 0 radical (unpaired) electrons. The first-order valence-electron chi connectivity index (χ1n) is 8.76. The molecule has 0 N–H and O–H groups in total. The maximum absolute atomic E-state index is 12.8. The van der Waals surface area contributed by atoms with Gasteiger partial charge in [0.2, 0.25) is 11.8 Å². The van der Waals surface area contributed by atoms with Gasteiger partial charge < -0.3 is 14.5 Å². The predicted molar refractivity (Wildman–Crippen MR) is 90.6 cm³/mol. The maximum atomic E-state index is 12.8. The van der Waals surface area contributed by atoms with Crippen LogP contribution >= 0.6 is 0 Å². The Morgan fingerprint density at radius 3 is 2.88 bits per heavy atom. The molecule has 2 aliphatic heterocycles. The summed E-state index contributed by atoms with van der Waals surface area (Å²) in [5.74, 6) is -0.976. The number of likely N-dealkylation sites (tertiary alicyclic amines) is 1. The Morgan fingerprint density at radius 2 is 2.16 bits per heavy atom. The van der Waals surface area contributed by atoms with E-state index in [9.17, 15) is 14.4 Å². The van der Waals surface area contributed by atoms with E-state index in [1.165, 1.54) is 0 Å². The van der Waals surface area contributed by atoms with Gasteiger partial charge in [-0.3, -0.25) is 19.4 Å². The molecule has 2 atom stereocenters. The highest BCUT2D eigenvalue weighted by atomic mass is 16.5. The summed E-state index contributed by atoms with van der Waals surface area (Å²) in [7, 11) is 0. The van der Waals surface area contributed by atoms with Crippen LogP contribution in [-0.4, -0.2) is 53.9 Å². The number of nitrogens with zero attached hydrogens (tertiary/aromatic N) is 3. The molecule has 3 rings (SSSR count). The largest absolute Gasteiger partial charge is 0.466 e. The highest BCUT2D eigenvalue weighted by molar-refractivity contribution is 6.00. The van der Waals surface area contributed by atoms with Crippen LogP contribution in [-0.2, 0) is 19.1 Å². The Kier molecular flexibility index (Phi) is 5.31. The quantitative estimate of drug-likeness (QED) is 0.767. The van der Waals surface area contributed by atoms with Gasteiger partial charge in [-0.25, -0.2) is 0 Å². The third-order valence-electron chi connectivity index (χ3n) is 4.78. The van der Waals surface area contributed by atoms with Gasteiger partial charge in [-0.05, 0) is 31.9 Å². The lowest BCUT2D eigenvalue weighted by Gasteiger charge is -2.33. The molecular formula is C18H23N3O4. The molecule has 2 saturated heterocycles. The van der Waals surface area contributed by atoms with Gasteiger partial charge in [0, 0.05) is 32.3 Å². The van der Waals surface area contributed by atoms with Crippen LogP contribution in [0.15, 0.2) is 24.5 Å². The minimum Gasteiger partial charge on any atom is -0.466 e. The van der Waals surface area contributed by atoms with E-state index in [-0.39, 0.29) is 36.0 Å². The van der Waals surface area contributed by atoms with Gasteiger partial charge in [-0.1, -0.05) is 0 Å². The normalized spacial score (nSPS) is 23.6. The van der Waals surface area contributed by atoms with Gasteiger partial charge in [0.15, 0.2) is 0 Å². The monoisotopic (exact) mass is 345 g/mol. The molecule has 0 saturated carbocycles. The lowest BCUT2D eigenvalue weighted by molar-refractivity contribution is -0.152. The molecule has 134 valence electrons. The summed E-state index contributed by atoms with van der Waals surface area (Å²) < 4.78 is 5.08. The number of carbonyl (C=O) groups excluding carboxylic acids is 3. The summed E-state index contributed by atoms with van der Waals surface area (Å²) in [5.41, 5.74) is 0.714. The Balaban J connectivity index is 1.63. The number of hydrogen-bond donors (Lipinski definition) is 0. The van der Waals surface area contributed by atoms with Crippen molar-refractivity contribution in [3.8, 4) is 0 Å². The molecule has 1 aromatic rings. The molecule has 7 heteroatoms. The number of esters is 1. The van der Waals surface area contributed by atoms with E-state index < -0.39 is 0 Å². The van der Waals surface area contributed by atoms with E-state index in [2.05, 4.69) is 4.98 Å². The van der Waals surface area contributed by atoms with E-state index in [1.54, 1.807) is 35.2 Å². The van der Waals surface area contributed by atoms with Gasteiger partial charge in [0.1, 0.15) is 0 Å². The number of hydrogen-bond acceptors (Lipinski definition) is 5. The number of carbonyl (C=O) groups is 3. The third kappa shape index (κ3) is 3.81. The number of anilines is 1. The zero-order valence-corrected chi connectivity index (χ0v) is 14.4. The van der Waals surface area contributed by atoms with Crippen molar-refractivity contribution in [2.24, 2.45) is 11.8 Å². The van der Waals surface area contributed by atoms with Crippen LogP contribution in [0.3, 0.4) is 0 Å². The van der Waals surface area contributed by atoms with Gasteiger partial charge in [0.25, 0.3) is 0 Å². The van der Waals surface area contributed by atoms with Crippen molar-refractivity contribution in [1.82, 2.24) is 9.88 Å². The zero-order valence-electron chi connectivity index (χ0n) is 14.4. The molecule has 7 nitrogen and oxygen atoms in total. The Labute approximate surface area is 147 Å². The number of piperidine rings is 1. The van der Waals surface area contributed by atoms with Crippen molar-refractivity contribution >= 4 is 23.5 Å². The number of aromatic nitrogens is 1. The van der Waals surface area contributed by atoms with Crippen LogP contribution in [0.5, 0.6) is 0 Å². The van der Waals surface area contributed by atoms with E-state index in [0.29, 0.717) is 31.9 Å². The first kappa shape index (κ1) is 17.4. The first-order chi connectivity index (χ1) is 12.1. The molecular weight excluding hydrogens is 322 g/mol. The van der Waals surface area contributed by atoms with E-state index >= 15 is 0 Å². The SMILES string of the molecule is CCOC(=O)C1CCCN(C(=O)C2CC(=O)N(c3cccnc3)C2)C1. The van der Waals surface area contributed by atoms with Crippen molar-refractivity contribution in [2.75, 3.05) is 31.1 Å². The number of ether oxygens (including phenoxy) is 1. The summed E-state index contributed by atoms with van der Waals surface area (Å²) in [4.78, 5) is 44.4. The highest BCUT2D eigenvalue weighted by Crippen LogP contribution is 2.27. The second-order valence-corrected chi connectivity index (χ2v) is 6.49. The van der Waals surface area contributed by atoms with Crippen molar-refractivity contribution in [3.63, 3.8) is 0 Å². The summed E-state index contributed by atoms with van der Waals surface area (Å²) in [5, 5.41) is 0. The molecule has 0 aromatic carbocycles. The number of amides is 2. The Morgan fingerprint density at radius 1 is 1.32 bits per heavy atom. The predicted octanol–water partition coefficient (Wildman–Crippen LogP) is 1.24. The van der Waals surface area contributed by atoms with Gasteiger partial charge in [-0.2, -0.15) is 0 Å². The average molecular weight is 345 g/mol. The van der Waals surface area contributed by atoms with Crippen molar-refractivity contribution in [3.05, 3.63) is 24.5 Å². The maximum Gasteiger partial charge on any atom is 0.310 e. The summed E-state index contributed by atoms with van der Waals surface area (Å²) in [6, 6.07) is 3.59. The van der Waals surface area contributed by atoms with Gasteiger partial charge in [-0.15, -0.1) is 0 Å². The van der Waals surface area contributed by atoms with Crippen molar-refractivity contribution in [2.45, 2.75) is 26.2 Å². The van der Waals surface area contributed by atoms with Gasteiger partial charge >= 0.3 is 5.97 Å². The lowest BCUT2D eigenvalue weighted by Crippen LogP contribution is -2.45. The molecule has 1 aromatic heterocycles. The average Bonchev–Trinajstić information content (AvgIpc) is 3.04. The fourth-order valence-corrected chi connectivity index (χ4v) is 3.52. The molecule has 2 amide bonds. The standard InChI is InChI=1S/C18H23N3O4/c1-2-25-18(24)13-5-4-8-20(11-13)17(23)14-9-16(22)21(12-14)15-6-3-7-19-10-15/h3,6-7,10,13-14H,2,4-5,8-9,11-12H2,1H3. The van der Waals surface area contributed by atoms with E-state index in [4.69, 9.17) is 4.74 Å². The second-order valence-electron chi connectivity index (χ2n) is 6.49. The van der Waals surface area contributed by atoms with Crippen LogP contribution in [0.1, 0.15) is 26.2 Å². The lowest BCUT2D eigenvalue weighted by atomic mass is 9.96. The fourth-order valence-electron chi connectivity index (χ4n) is 3.52. The molecule has 3 heterocycles. The highest BCUT2D eigenvalue weighted by Gasteiger charge is 2.39. The van der Waals surface area contributed by atoms with E-state index in [1.807, 2.05) is 6.07 Å². The van der Waals surface area contributed by atoms with E-state index in [0.717, 1.165) is 12.8 Å². The summed E-state index contributed by atoms with van der Waals surface area (Å²) in [6.07, 6.45) is 5.00. The smallest absolute Gasteiger partial charge is 0.310 e. The van der Waals surface area contributed by atoms with Crippen LogP contribution in [0, 0.1) is 11.8 Å². The summed E-state index contributed by atoms with van der Waals surface area (Å²) >= 11 is 0. The van der Waals surface area contributed by atoms with Crippen LogP contribution < -0.4 is 4.90 Å². The molecule has 0 spiro atoms. The van der Waals surface area contributed by atoms with Crippen molar-refractivity contribution < 1.29 is 19.1 Å². The Hall–Kier alpha value is -2.44. The number of pyridine rings is 1. The fraction of sp³-hybridized carbons (Fsp3) is 0.556. The van der Waals surface area contributed by atoms with Gasteiger partial charge in [0.05, 0.1) is 30.3 Å². The minimum atomic E-state index is -0.367. The molecule has 2 aliphatic rings. The third-order valence-corrected chi connectivity index (χ3v) is 4.78. The first-order valence-corrected chi connectivity index (χ1v) is 8.76. The Bertz CT molecular complexity index is 649. The van der Waals surface area contributed by atoms with Crippen LogP contribution in [0.4, 0.5) is 5.69 Å². The second kappa shape index (κ2) is 7.63. The zero-order chi connectivity index (χ0) is 17.8. The van der Waals surface area contributed by atoms with Crippen LogP contribution in [0.2, 0.25) is 0 Å². The topological polar surface area (TPSA) is 79.8 Å². The van der Waals surface area contributed by atoms with Crippen LogP contribution in [0.25, 0.3) is 0 Å². The molecule has 2 unspecified atom stereocenters. The molecule has 0 aliphatic carbocycles. The minimum absolute atomic E-state index is 0.0475.